The topological polar surface area (TPSA) is 38.3 Å². The Morgan fingerprint density at radius 3 is 3.00 bits per heavy atom. The molecular formula is C12H15Cl2NO2. The van der Waals surface area contributed by atoms with Gasteiger partial charge in [0.25, 0.3) is 0 Å². The average molecular weight is 276 g/mol. The van der Waals surface area contributed by atoms with Crippen molar-refractivity contribution in [2.75, 3.05) is 6.61 Å². The SMILES string of the molecule is CCOC(=O)C1Cc2cc(Cl)ccc2CN1.Cl. The van der Waals surface area contributed by atoms with Crippen LogP contribution >= 0.6 is 24.0 Å². The van der Waals surface area contributed by atoms with Gasteiger partial charge in [-0.25, -0.2) is 0 Å². The van der Waals surface area contributed by atoms with Crippen molar-refractivity contribution >= 4 is 30.0 Å². The van der Waals surface area contributed by atoms with Crippen LogP contribution in [0.15, 0.2) is 18.2 Å². The summed E-state index contributed by atoms with van der Waals surface area (Å²) in [6.07, 6.45) is 0.648. The van der Waals surface area contributed by atoms with Crippen molar-refractivity contribution in [3.8, 4) is 0 Å². The molecule has 0 aromatic heterocycles. The number of carbonyl (C=O) groups is 1. The van der Waals surface area contributed by atoms with Gasteiger partial charge >= 0.3 is 5.97 Å². The standard InChI is InChI=1S/C12H14ClNO2.ClH/c1-2-16-12(15)11-6-9-5-10(13)4-3-8(9)7-14-11;/h3-5,11,14H,2,6-7H2,1H3;1H. The molecule has 1 N–H and O–H groups in total. The van der Waals surface area contributed by atoms with E-state index in [0.717, 1.165) is 5.56 Å². The van der Waals surface area contributed by atoms with Crippen molar-refractivity contribution < 1.29 is 9.53 Å². The molecule has 0 saturated carbocycles. The van der Waals surface area contributed by atoms with E-state index in [1.165, 1.54) is 5.56 Å². The molecule has 0 spiro atoms. The summed E-state index contributed by atoms with van der Waals surface area (Å²) in [6, 6.07) is 5.54. The largest absolute Gasteiger partial charge is 0.465 e. The fourth-order valence-corrected chi connectivity index (χ4v) is 2.09. The second kappa shape index (κ2) is 6.24. The summed E-state index contributed by atoms with van der Waals surface area (Å²) in [4.78, 5) is 11.6. The molecule has 0 aliphatic carbocycles. The van der Waals surface area contributed by atoms with Crippen LogP contribution in [-0.4, -0.2) is 18.6 Å². The summed E-state index contributed by atoms with van der Waals surface area (Å²) in [5.74, 6) is -0.187. The van der Waals surface area contributed by atoms with Crippen molar-refractivity contribution in [3.05, 3.63) is 34.3 Å². The Hall–Kier alpha value is -0.770. The predicted molar refractivity (Wildman–Crippen MR) is 69.7 cm³/mol. The highest BCUT2D eigenvalue weighted by atomic mass is 35.5. The van der Waals surface area contributed by atoms with Gasteiger partial charge in [-0.3, -0.25) is 4.79 Å². The Morgan fingerprint density at radius 2 is 2.29 bits per heavy atom. The normalized spacial score (nSPS) is 17.9. The summed E-state index contributed by atoms with van der Waals surface area (Å²) in [7, 11) is 0. The van der Waals surface area contributed by atoms with Crippen LogP contribution in [0.25, 0.3) is 0 Å². The number of halogens is 2. The Morgan fingerprint density at radius 1 is 1.53 bits per heavy atom. The molecule has 1 aromatic carbocycles. The van der Waals surface area contributed by atoms with Crippen molar-refractivity contribution in [2.24, 2.45) is 0 Å². The number of carbonyl (C=O) groups excluding carboxylic acids is 1. The Labute approximate surface area is 112 Å². The van der Waals surface area contributed by atoms with Crippen LogP contribution in [0.1, 0.15) is 18.1 Å². The van der Waals surface area contributed by atoms with Crippen molar-refractivity contribution in [1.82, 2.24) is 5.32 Å². The summed E-state index contributed by atoms with van der Waals surface area (Å²) < 4.78 is 4.99. The first-order chi connectivity index (χ1) is 7.70. The molecule has 1 heterocycles. The second-order valence-electron chi connectivity index (χ2n) is 3.80. The number of fused-ring (bicyclic) bond motifs is 1. The van der Waals surface area contributed by atoms with E-state index >= 15 is 0 Å². The third-order valence-corrected chi connectivity index (χ3v) is 2.94. The number of hydrogen-bond acceptors (Lipinski definition) is 3. The molecule has 1 aromatic rings. The van der Waals surface area contributed by atoms with E-state index in [1.807, 2.05) is 25.1 Å². The van der Waals surface area contributed by atoms with E-state index in [-0.39, 0.29) is 24.4 Å². The minimum Gasteiger partial charge on any atom is -0.465 e. The van der Waals surface area contributed by atoms with E-state index in [0.29, 0.717) is 24.6 Å². The maximum Gasteiger partial charge on any atom is 0.323 e. The maximum atomic E-state index is 11.6. The third-order valence-electron chi connectivity index (χ3n) is 2.70. The monoisotopic (exact) mass is 275 g/mol. The van der Waals surface area contributed by atoms with Gasteiger partial charge in [-0.1, -0.05) is 17.7 Å². The molecule has 3 nitrogen and oxygen atoms in total. The summed E-state index contributed by atoms with van der Waals surface area (Å²) in [5, 5.41) is 3.87. The molecular weight excluding hydrogens is 261 g/mol. The molecule has 0 bridgehead atoms. The molecule has 0 saturated heterocycles. The first-order valence-corrected chi connectivity index (χ1v) is 5.76. The van der Waals surface area contributed by atoms with Crippen LogP contribution in [0, 0.1) is 0 Å². The molecule has 1 aliphatic heterocycles. The zero-order valence-corrected chi connectivity index (χ0v) is 11.1. The lowest BCUT2D eigenvalue weighted by Crippen LogP contribution is -2.42. The van der Waals surface area contributed by atoms with Gasteiger partial charge in [0.1, 0.15) is 6.04 Å². The molecule has 2 rings (SSSR count). The second-order valence-corrected chi connectivity index (χ2v) is 4.24. The highest BCUT2D eigenvalue weighted by Gasteiger charge is 2.24. The highest BCUT2D eigenvalue weighted by molar-refractivity contribution is 6.30. The van der Waals surface area contributed by atoms with Gasteiger partial charge in [0.15, 0.2) is 0 Å². The van der Waals surface area contributed by atoms with Crippen molar-refractivity contribution in [1.29, 1.82) is 0 Å². The molecule has 0 fully saturated rings. The van der Waals surface area contributed by atoms with Crippen LogP contribution in [0.5, 0.6) is 0 Å². The maximum absolute atomic E-state index is 11.6. The zero-order chi connectivity index (χ0) is 11.5. The molecule has 1 aliphatic rings. The fourth-order valence-electron chi connectivity index (χ4n) is 1.89. The van der Waals surface area contributed by atoms with E-state index in [9.17, 15) is 4.79 Å². The van der Waals surface area contributed by atoms with Crippen molar-refractivity contribution in [2.45, 2.75) is 25.9 Å². The van der Waals surface area contributed by atoms with Gasteiger partial charge in [0.05, 0.1) is 6.61 Å². The Balaban J connectivity index is 0.00000144. The molecule has 0 radical (unpaired) electrons. The summed E-state index contributed by atoms with van der Waals surface area (Å²) in [6.45, 7) is 2.92. The van der Waals surface area contributed by atoms with Crippen LogP contribution < -0.4 is 5.32 Å². The molecule has 94 valence electrons. The van der Waals surface area contributed by atoms with Gasteiger partial charge < -0.3 is 10.1 Å². The zero-order valence-electron chi connectivity index (χ0n) is 9.53. The lowest BCUT2D eigenvalue weighted by Gasteiger charge is -2.24. The van der Waals surface area contributed by atoms with Gasteiger partial charge in [-0.15, -0.1) is 12.4 Å². The molecule has 5 heteroatoms. The molecule has 1 unspecified atom stereocenters. The lowest BCUT2D eigenvalue weighted by atomic mass is 9.96. The highest BCUT2D eigenvalue weighted by Crippen LogP contribution is 2.21. The minimum atomic E-state index is -0.245. The van der Waals surface area contributed by atoms with E-state index < -0.39 is 0 Å². The van der Waals surface area contributed by atoms with Gasteiger partial charge in [-0.05, 0) is 36.6 Å². The van der Waals surface area contributed by atoms with Crippen molar-refractivity contribution in [3.63, 3.8) is 0 Å². The van der Waals surface area contributed by atoms with Gasteiger partial charge in [-0.2, -0.15) is 0 Å². The smallest absolute Gasteiger partial charge is 0.323 e. The summed E-state index contributed by atoms with van der Waals surface area (Å²) >= 11 is 5.93. The van der Waals surface area contributed by atoms with Crippen LogP contribution in [-0.2, 0) is 22.5 Å². The van der Waals surface area contributed by atoms with E-state index in [2.05, 4.69) is 5.32 Å². The van der Waals surface area contributed by atoms with E-state index in [1.54, 1.807) is 0 Å². The summed E-state index contributed by atoms with van der Waals surface area (Å²) in [5.41, 5.74) is 2.33. The Kier molecular flexibility index (Phi) is 5.25. The van der Waals surface area contributed by atoms with Crippen LogP contribution in [0.4, 0.5) is 0 Å². The van der Waals surface area contributed by atoms with Gasteiger partial charge in [0, 0.05) is 11.6 Å². The molecule has 0 amide bonds. The average Bonchev–Trinajstić information content (AvgIpc) is 2.28. The number of esters is 1. The molecule has 17 heavy (non-hydrogen) atoms. The van der Waals surface area contributed by atoms with Gasteiger partial charge in [0.2, 0.25) is 0 Å². The third kappa shape index (κ3) is 3.35. The molecule has 1 atom stereocenters. The van der Waals surface area contributed by atoms with Crippen LogP contribution in [0.3, 0.4) is 0 Å². The number of nitrogens with one attached hydrogen (secondary N) is 1. The van der Waals surface area contributed by atoms with Crippen LogP contribution in [0.2, 0.25) is 5.02 Å². The van der Waals surface area contributed by atoms with E-state index in [4.69, 9.17) is 16.3 Å². The first kappa shape index (κ1) is 14.3. The number of benzene rings is 1. The number of rotatable bonds is 2. The quantitative estimate of drug-likeness (QED) is 0.843. The minimum absolute atomic E-state index is 0. The predicted octanol–water partition coefficient (Wildman–Crippen LogP) is 2.34. The lowest BCUT2D eigenvalue weighted by molar-refractivity contribution is -0.145. The number of hydrogen-bond donors (Lipinski definition) is 1. The Bertz CT molecular complexity index is 409. The number of ether oxygens (including phenoxy) is 1. The first-order valence-electron chi connectivity index (χ1n) is 5.38. The fraction of sp³-hybridized carbons (Fsp3) is 0.417.